The number of hydrogen-bond acceptors (Lipinski definition) is 2. The van der Waals surface area contributed by atoms with Gasteiger partial charge in [-0.25, -0.2) is 4.68 Å². The minimum atomic E-state index is 0.0412. The second kappa shape index (κ2) is 5.12. The van der Waals surface area contributed by atoms with E-state index < -0.39 is 0 Å². The number of methoxy groups -OCH3 is 1. The Balaban J connectivity index is 2.44. The van der Waals surface area contributed by atoms with E-state index in [4.69, 9.17) is 4.74 Å². The molecule has 0 aliphatic carbocycles. The van der Waals surface area contributed by atoms with E-state index in [1.165, 1.54) is 0 Å². The van der Waals surface area contributed by atoms with E-state index in [1.54, 1.807) is 11.8 Å². The molecule has 0 unspecified atom stereocenters. The number of ether oxygens (including phenoxy) is 1. The van der Waals surface area contributed by atoms with Gasteiger partial charge in [-0.3, -0.25) is 9.89 Å². The van der Waals surface area contributed by atoms with Crippen molar-refractivity contribution >= 4 is 0 Å². The van der Waals surface area contributed by atoms with Crippen LogP contribution < -0.4 is 10.3 Å². The fraction of sp³-hybridized carbons (Fsp3) is 0.357. The molecule has 96 valence electrons. The number of aromatic nitrogens is 2. The molecule has 0 bridgehead atoms. The van der Waals surface area contributed by atoms with Crippen LogP contribution in [0.1, 0.15) is 24.6 Å². The van der Waals surface area contributed by atoms with Gasteiger partial charge >= 0.3 is 0 Å². The van der Waals surface area contributed by atoms with Gasteiger partial charge in [0, 0.05) is 11.3 Å². The Morgan fingerprint density at radius 2 is 1.94 bits per heavy atom. The molecule has 0 aliphatic rings. The van der Waals surface area contributed by atoms with E-state index in [-0.39, 0.29) is 5.56 Å². The summed E-state index contributed by atoms with van der Waals surface area (Å²) < 4.78 is 6.69. The maximum atomic E-state index is 12.2. The van der Waals surface area contributed by atoms with Crippen molar-refractivity contribution in [3.8, 4) is 11.4 Å². The van der Waals surface area contributed by atoms with Gasteiger partial charge in [0.1, 0.15) is 5.75 Å². The lowest BCUT2D eigenvalue weighted by atomic mass is 10.1. The van der Waals surface area contributed by atoms with E-state index in [0.717, 1.165) is 35.5 Å². The van der Waals surface area contributed by atoms with Gasteiger partial charge in [0.05, 0.1) is 12.8 Å². The number of rotatable bonds is 4. The molecule has 0 saturated heterocycles. The summed E-state index contributed by atoms with van der Waals surface area (Å²) in [6, 6.07) is 7.42. The van der Waals surface area contributed by atoms with E-state index in [1.807, 2.05) is 31.2 Å². The molecule has 1 aromatic heterocycles. The Hall–Kier alpha value is -1.97. The number of hydrogen-bond donors (Lipinski definition) is 1. The molecular weight excluding hydrogens is 228 g/mol. The maximum absolute atomic E-state index is 12.2. The average Bonchev–Trinajstić information content (AvgIpc) is 2.67. The standard InChI is InChI=1S/C14H18N2O2/c1-4-5-13-10(2)15-16(14(13)17)11-6-8-12(18-3)9-7-11/h6-9,15H,4-5H2,1-3H3. The lowest BCUT2D eigenvalue weighted by molar-refractivity contribution is 0.414. The van der Waals surface area contributed by atoms with Gasteiger partial charge in [0.25, 0.3) is 5.56 Å². The zero-order valence-corrected chi connectivity index (χ0v) is 11.0. The number of aromatic amines is 1. The molecule has 4 nitrogen and oxygen atoms in total. The van der Waals surface area contributed by atoms with Crippen LogP contribution in [0.15, 0.2) is 29.1 Å². The molecule has 1 heterocycles. The molecule has 0 fully saturated rings. The number of H-pyrrole nitrogens is 1. The SMILES string of the molecule is CCCc1c(C)[nH]n(-c2ccc(OC)cc2)c1=O. The third kappa shape index (κ3) is 2.18. The molecule has 0 saturated carbocycles. The van der Waals surface area contributed by atoms with Crippen LogP contribution in [0, 0.1) is 6.92 Å². The second-order valence-corrected chi connectivity index (χ2v) is 4.30. The second-order valence-electron chi connectivity index (χ2n) is 4.30. The first-order valence-electron chi connectivity index (χ1n) is 6.12. The molecule has 0 radical (unpaired) electrons. The number of nitrogens with one attached hydrogen (secondary N) is 1. The Bertz CT molecular complexity index is 579. The van der Waals surface area contributed by atoms with E-state index in [2.05, 4.69) is 12.0 Å². The van der Waals surface area contributed by atoms with Crippen molar-refractivity contribution in [2.75, 3.05) is 7.11 Å². The summed E-state index contributed by atoms with van der Waals surface area (Å²) in [5.74, 6) is 0.781. The van der Waals surface area contributed by atoms with E-state index >= 15 is 0 Å². The monoisotopic (exact) mass is 246 g/mol. The Kier molecular flexibility index (Phi) is 3.55. The van der Waals surface area contributed by atoms with Gasteiger partial charge < -0.3 is 4.74 Å². The van der Waals surface area contributed by atoms with Gasteiger partial charge in [0.2, 0.25) is 0 Å². The predicted octanol–water partition coefficient (Wildman–Crippen LogP) is 2.44. The highest BCUT2D eigenvalue weighted by atomic mass is 16.5. The first-order chi connectivity index (χ1) is 8.67. The van der Waals surface area contributed by atoms with Crippen LogP contribution in [0.4, 0.5) is 0 Å². The van der Waals surface area contributed by atoms with Crippen molar-refractivity contribution in [2.45, 2.75) is 26.7 Å². The third-order valence-electron chi connectivity index (χ3n) is 3.02. The number of aryl methyl sites for hydroxylation is 1. The summed E-state index contributed by atoms with van der Waals surface area (Å²) in [5.41, 5.74) is 2.68. The van der Waals surface area contributed by atoms with E-state index in [0.29, 0.717) is 0 Å². The molecule has 0 aliphatic heterocycles. The molecule has 1 aromatic carbocycles. The molecule has 2 aromatic rings. The van der Waals surface area contributed by atoms with Crippen molar-refractivity contribution < 1.29 is 4.74 Å². The zero-order chi connectivity index (χ0) is 13.1. The highest BCUT2D eigenvalue weighted by Gasteiger charge is 2.11. The Morgan fingerprint density at radius 3 is 2.50 bits per heavy atom. The van der Waals surface area contributed by atoms with Crippen LogP contribution >= 0.6 is 0 Å². The molecule has 18 heavy (non-hydrogen) atoms. The van der Waals surface area contributed by atoms with E-state index in [9.17, 15) is 4.79 Å². The van der Waals surface area contributed by atoms with Crippen LogP contribution in [-0.4, -0.2) is 16.9 Å². The first kappa shape index (κ1) is 12.5. The van der Waals surface area contributed by atoms with Crippen LogP contribution in [0.2, 0.25) is 0 Å². The van der Waals surface area contributed by atoms with Crippen LogP contribution in [0.3, 0.4) is 0 Å². The minimum absolute atomic E-state index is 0.0412. The average molecular weight is 246 g/mol. The normalized spacial score (nSPS) is 10.6. The van der Waals surface area contributed by atoms with Gasteiger partial charge in [-0.1, -0.05) is 13.3 Å². The van der Waals surface area contributed by atoms with Crippen molar-refractivity contribution in [3.63, 3.8) is 0 Å². The van der Waals surface area contributed by atoms with Gasteiger partial charge in [-0.2, -0.15) is 0 Å². The first-order valence-corrected chi connectivity index (χ1v) is 6.12. The molecule has 0 atom stereocenters. The van der Waals surface area contributed by atoms with Gasteiger partial charge in [-0.15, -0.1) is 0 Å². The highest BCUT2D eigenvalue weighted by molar-refractivity contribution is 5.37. The molecule has 1 N–H and O–H groups in total. The quantitative estimate of drug-likeness (QED) is 0.900. The van der Waals surface area contributed by atoms with Gasteiger partial charge in [0.15, 0.2) is 0 Å². The number of nitrogens with zero attached hydrogens (tertiary/aromatic N) is 1. The van der Waals surface area contributed by atoms with Crippen molar-refractivity contribution in [3.05, 3.63) is 45.9 Å². The van der Waals surface area contributed by atoms with Gasteiger partial charge in [-0.05, 0) is 37.6 Å². The zero-order valence-electron chi connectivity index (χ0n) is 11.0. The fourth-order valence-corrected chi connectivity index (χ4v) is 2.04. The lowest BCUT2D eigenvalue weighted by Gasteiger charge is -2.03. The third-order valence-corrected chi connectivity index (χ3v) is 3.02. The fourth-order valence-electron chi connectivity index (χ4n) is 2.04. The summed E-state index contributed by atoms with van der Waals surface area (Å²) in [7, 11) is 1.62. The number of benzene rings is 1. The van der Waals surface area contributed by atoms with Crippen molar-refractivity contribution in [1.82, 2.24) is 9.78 Å². The molecular formula is C14H18N2O2. The summed E-state index contributed by atoms with van der Waals surface area (Å²) >= 11 is 0. The summed E-state index contributed by atoms with van der Waals surface area (Å²) in [5, 5.41) is 3.11. The molecule has 2 rings (SSSR count). The van der Waals surface area contributed by atoms with Crippen LogP contribution in [-0.2, 0) is 6.42 Å². The van der Waals surface area contributed by atoms with Crippen molar-refractivity contribution in [2.24, 2.45) is 0 Å². The van der Waals surface area contributed by atoms with Crippen LogP contribution in [0.5, 0.6) is 5.75 Å². The summed E-state index contributed by atoms with van der Waals surface area (Å²) in [6.07, 6.45) is 1.78. The molecule has 4 heteroatoms. The molecule has 0 amide bonds. The lowest BCUT2D eigenvalue weighted by Crippen LogP contribution is -2.17. The maximum Gasteiger partial charge on any atom is 0.274 e. The van der Waals surface area contributed by atoms with Crippen molar-refractivity contribution in [1.29, 1.82) is 0 Å². The topological polar surface area (TPSA) is 47.0 Å². The minimum Gasteiger partial charge on any atom is -0.497 e. The largest absolute Gasteiger partial charge is 0.497 e. The van der Waals surface area contributed by atoms with Crippen LogP contribution in [0.25, 0.3) is 5.69 Å². The highest BCUT2D eigenvalue weighted by Crippen LogP contribution is 2.14. The predicted molar refractivity (Wildman–Crippen MR) is 71.7 cm³/mol. The smallest absolute Gasteiger partial charge is 0.274 e. The molecule has 0 spiro atoms. The summed E-state index contributed by atoms with van der Waals surface area (Å²) in [6.45, 7) is 4.01. The summed E-state index contributed by atoms with van der Waals surface area (Å²) in [4.78, 5) is 12.2. The Morgan fingerprint density at radius 1 is 1.28 bits per heavy atom. The Labute approximate surface area is 106 Å².